The van der Waals surface area contributed by atoms with Crippen molar-refractivity contribution >= 4 is 28.7 Å². The van der Waals surface area contributed by atoms with Crippen molar-refractivity contribution in [2.75, 3.05) is 25.5 Å². The Morgan fingerprint density at radius 2 is 1.70 bits per heavy atom. The van der Waals surface area contributed by atoms with Crippen LogP contribution >= 0.6 is 0 Å². The average Bonchev–Trinajstić information content (AvgIpc) is 3.28. The Morgan fingerprint density at radius 3 is 2.33 bits per heavy atom. The van der Waals surface area contributed by atoms with Crippen LogP contribution in [0.2, 0.25) is 0 Å². The van der Waals surface area contributed by atoms with E-state index in [0.717, 1.165) is 13.8 Å². The molecule has 0 saturated heterocycles. The Morgan fingerprint density at radius 1 is 1.00 bits per heavy atom. The van der Waals surface area contributed by atoms with E-state index in [-0.39, 0.29) is 41.6 Å². The van der Waals surface area contributed by atoms with E-state index in [9.17, 15) is 32.3 Å². The van der Waals surface area contributed by atoms with E-state index in [4.69, 9.17) is 4.42 Å². The quantitative estimate of drug-likeness (QED) is 0.223. The Bertz CT molecular complexity index is 1560. The number of nitrogens with zero attached hydrogens (tertiary/aromatic N) is 1. The molecule has 2 aromatic carbocycles. The number of carbonyl (C=O) groups is 2. The lowest BCUT2D eigenvalue weighted by atomic mass is 9.99. The van der Waals surface area contributed by atoms with Gasteiger partial charge < -0.3 is 25.5 Å². The zero-order valence-electron chi connectivity index (χ0n) is 21.7. The molecule has 0 radical (unpaired) electrons. The molecule has 2 aromatic heterocycles. The zero-order valence-corrected chi connectivity index (χ0v) is 21.7. The number of pyridine rings is 1. The molecule has 0 aliphatic heterocycles. The van der Waals surface area contributed by atoms with Gasteiger partial charge in [-0.2, -0.15) is 18.2 Å². The molecule has 40 heavy (non-hydrogen) atoms. The number of nitrogens with one attached hydrogen (secondary N) is 3. The molecule has 0 spiro atoms. The fourth-order valence-electron chi connectivity index (χ4n) is 3.96. The lowest BCUT2D eigenvalue weighted by Crippen LogP contribution is -2.54. The summed E-state index contributed by atoms with van der Waals surface area (Å²) in [6.45, 7) is 1.58. The molecule has 0 aliphatic carbocycles. The number of aliphatic hydroxyl groups excluding tert-OH is 1. The molecular weight excluding hydrogens is 532 g/mol. The number of hydrogen-bond donors (Lipinski definition) is 4. The maximum absolute atomic E-state index is 13.5. The summed E-state index contributed by atoms with van der Waals surface area (Å²) in [6, 6.07) is 12.8. The lowest BCUT2D eigenvalue weighted by molar-refractivity contribution is -0.182. The van der Waals surface area contributed by atoms with Gasteiger partial charge in [0.25, 0.3) is 11.8 Å². The van der Waals surface area contributed by atoms with Crippen molar-refractivity contribution in [2.45, 2.75) is 25.6 Å². The van der Waals surface area contributed by atoms with Gasteiger partial charge in [-0.15, -0.1) is 0 Å². The number of rotatable bonds is 8. The first-order chi connectivity index (χ1) is 18.9. The summed E-state index contributed by atoms with van der Waals surface area (Å²) in [4.78, 5) is 30.2. The molecule has 0 saturated carbocycles. The molecule has 0 bridgehead atoms. The van der Waals surface area contributed by atoms with Crippen LogP contribution in [0, 0.1) is 5.82 Å². The van der Waals surface area contributed by atoms with E-state index in [1.807, 2.05) is 5.32 Å². The second-order valence-corrected chi connectivity index (χ2v) is 9.44. The topological polar surface area (TPSA) is 116 Å². The Labute approximate surface area is 226 Å². The minimum Gasteiger partial charge on any atom is -0.437 e. The predicted octanol–water partition coefficient (Wildman–Crippen LogP) is 5.14. The third-order valence-electron chi connectivity index (χ3n) is 6.22. The van der Waals surface area contributed by atoms with Gasteiger partial charge in [-0.3, -0.25) is 9.59 Å². The summed E-state index contributed by atoms with van der Waals surface area (Å²) in [5, 5.41) is 17.2. The van der Waals surface area contributed by atoms with Crippen LogP contribution in [0.4, 0.5) is 23.4 Å². The summed E-state index contributed by atoms with van der Waals surface area (Å²) in [5.41, 5.74) is -1.08. The fourth-order valence-corrected chi connectivity index (χ4v) is 3.96. The third-order valence-corrected chi connectivity index (χ3v) is 6.22. The molecule has 8 nitrogen and oxygen atoms in total. The number of hydrogen-bond acceptors (Lipinski definition) is 6. The molecular formula is C28H26F4N4O4. The second kappa shape index (κ2) is 11.0. The van der Waals surface area contributed by atoms with Gasteiger partial charge in [0.05, 0.1) is 17.6 Å². The van der Waals surface area contributed by atoms with Gasteiger partial charge in [-0.25, -0.2) is 4.39 Å². The number of carbonyl (C=O) groups excluding carboxylic acids is 2. The van der Waals surface area contributed by atoms with Crippen LogP contribution in [0.3, 0.4) is 0 Å². The first-order valence-electron chi connectivity index (χ1n) is 12.2. The smallest absolute Gasteiger partial charge is 0.410 e. The fraction of sp³-hybridized carbons (Fsp3) is 0.250. The van der Waals surface area contributed by atoms with Crippen LogP contribution in [0.25, 0.3) is 33.6 Å². The highest BCUT2D eigenvalue weighted by Gasteiger charge is 2.48. The molecule has 0 atom stereocenters. The number of furan rings is 1. The lowest BCUT2D eigenvalue weighted by Gasteiger charge is -2.28. The number of fused-ring (bicyclic) bond motifs is 1. The number of aliphatic hydroxyl groups is 1. The SMILES string of the molecule is CNC(=O)c1c(-c2ccc(F)cc2)oc2nc(NCCO)c(-c3cccc(C(=O)NC(C)(C)C(F)(F)F)c3)cc12. The minimum absolute atomic E-state index is 0.0336. The summed E-state index contributed by atoms with van der Waals surface area (Å²) in [6.07, 6.45) is -4.67. The van der Waals surface area contributed by atoms with Crippen LogP contribution in [0.15, 0.2) is 59.0 Å². The van der Waals surface area contributed by atoms with Crippen molar-refractivity contribution in [1.82, 2.24) is 15.6 Å². The van der Waals surface area contributed by atoms with Crippen LogP contribution < -0.4 is 16.0 Å². The summed E-state index contributed by atoms with van der Waals surface area (Å²) < 4.78 is 59.5. The first-order valence-corrected chi connectivity index (χ1v) is 12.2. The van der Waals surface area contributed by atoms with Gasteiger partial charge in [0, 0.05) is 30.3 Å². The Hall–Kier alpha value is -4.45. The number of alkyl halides is 3. The van der Waals surface area contributed by atoms with Crippen molar-refractivity contribution < 1.29 is 36.7 Å². The first kappa shape index (κ1) is 28.6. The highest BCUT2D eigenvalue weighted by molar-refractivity contribution is 6.11. The van der Waals surface area contributed by atoms with Crippen molar-refractivity contribution in [2.24, 2.45) is 0 Å². The third kappa shape index (κ3) is 5.62. The summed E-state index contributed by atoms with van der Waals surface area (Å²) in [7, 11) is 1.44. The highest BCUT2D eigenvalue weighted by Crippen LogP contribution is 2.38. The van der Waals surface area contributed by atoms with Crippen molar-refractivity contribution in [3.05, 3.63) is 71.5 Å². The molecule has 4 N–H and O–H groups in total. The van der Waals surface area contributed by atoms with E-state index in [1.165, 1.54) is 49.5 Å². The van der Waals surface area contributed by atoms with E-state index < -0.39 is 29.3 Å². The number of halogens is 4. The van der Waals surface area contributed by atoms with Crippen LogP contribution in [0.1, 0.15) is 34.6 Å². The minimum atomic E-state index is -4.67. The van der Waals surface area contributed by atoms with Gasteiger partial charge in [0.2, 0.25) is 5.71 Å². The average molecular weight is 559 g/mol. The Kier molecular flexibility index (Phi) is 7.83. The molecule has 2 heterocycles. The van der Waals surface area contributed by atoms with Crippen LogP contribution in [-0.4, -0.2) is 53.8 Å². The normalized spacial score (nSPS) is 11.9. The number of amides is 2. The Balaban J connectivity index is 1.88. The number of aromatic nitrogens is 1. The van der Waals surface area contributed by atoms with Crippen LogP contribution in [-0.2, 0) is 0 Å². The number of benzene rings is 2. The predicted molar refractivity (Wildman–Crippen MR) is 141 cm³/mol. The molecule has 4 rings (SSSR count). The van der Waals surface area contributed by atoms with E-state index in [0.29, 0.717) is 22.1 Å². The molecule has 210 valence electrons. The van der Waals surface area contributed by atoms with Gasteiger partial charge in [-0.1, -0.05) is 12.1 Å². The van der Waals surface area contributed by atoms with Gasteiger partial charge in [0.15, 0.2) is 0 Å². The van der Waals surface area contributed by atoms with E-state index >= 15 is 0 Å². The molecule has 0 aliphatic rings. The van der Waals surface area contributed by atoms with Crippen molar-refractivity contribution in [3.63, 3.8) is 0 Å². The van der Waals surface area contributed by atoms with Crippen molar-refractivity contribution in [3.8, 4) is 22.5 Å². The maximum atomic E-state index is 13.5. The standard InChI is InChI=1S/C28H26F4N4O4/c1-27(2,28(30,31)32)36-24(38)17-6-4-5-16(13-17)19-14-20-21(25(39)33-3)22(15-7-9-18(29)10-8-15)40-26(20)35-23(19)34-11-12-37/h4-10,13-14,37H,11-12H2,1-3H3,(H,33,39)(H,34,35)(H,36,38). The molecule has 0 unspecified atom stereocenters. The van der Waals surface area contributed by atoms with E-state index in [1.54, 1.807) is 12.1 Å². The maximum Gasteiger partial charge on any atom is 0.410 e. The van der Waals surface area contributed by atoms with Crippen molar-refractivity contribution in [1.29, 1.82) is 0 Å². The zero-order chi connectivity index (χ0) is 29.2. The summed E-state index contributed by atoms with van der Waals surface area (Å²) in [5.74, 6) is -1.52. The highest BCUT2D eigenvalue weighted by atomic mass is 19.4. The molecule has 0 fully saturated rings. The van der Waals surface area contributed by atoms with Crippen LogP contribution in [0.5, 0.6) is 0 Å². The summed E-state index contributed by atoms with van der Waals surface area (Å²) >= 11 is 0. The van der Waals surface area contributed by atoms with Gasteiger partial charge >= 0.3 is 6.18 Å². The number of anilines is 1. The monoisotopic (exact) mass is 558 g/mol. The molecule has 2 amide bonds. The van der Waals surface area contributed by atoms with Gasteiger partial charge in [0.1, 0.15) is 22.9 Å². The largest absolute Gasteiger partial charge is 0.437 e. The second-order valence-electron chi connectivity index (χ2n) is 9.44. The molecule has 12 heteroatoms. The van der Waals surface area contributed by atoms with E-state index in [2.05, 4.69) is 15.6 Å². The molecule has 4 aromatic rings. The van der Waals surface area contributed by atoms with Gasteiger partial charge in [-0.05, 0) is 61.9 Å².